The lowest BCUT2D eigenvalue weighted by Gasteiger charge is -2.45. The van der Waals surface area contributed by atoms with Gasteiger partial charge in [0.1, 0.15) is 0 Å². The fourth-order valence-electron chi connectivity index (χ4n) is 3.01. The first kappa shape index (κ1) is 16.0. The van der Waals surface area contributed by atoms with Gasteiger partial charge in [0, 0.05) is 30.7 Å². The molecule has 2 heteroatoms. The van der Waals surface area contributed by atoms with Crippen LogP contribution in [-0.2, 0) is 0 Å². The largest absolute Gasteiger partial charge is 0.310 e. The molecular weight excluding hydrogens is 220 g/mol. The molecule has 0 spiro atoms. The molecule has 0 radical (unpaired) electrons. The normalized spacial score (nSPS) is 32.5. The first-order chi connectivity index (χ1) is 8.26. The highest BCUT2D eigenvalue weighted by Crippen LogP contribution is 2.28. The highest BCUT2D eigenvalue weighted by Gasteiger charge is 2.31. The monoisotopic (exact) mass is 254 g/mol. The van der Waals surface area contributed by atoms with Crippen LogP contribution in [0, 0.1) is 11.8 Å². The maximum atomic E-state index is 3.71. The SMILES string of the molecule is CCC(C)(C)NCC(C)N1CC(C)CC(C)C1C. The van der Waals surface area contributed by atoms with Crippen LogP contribution in [-0.4, -0.2) is 35.6 Å². The van der Waals surface area contributed by atoms with Gasteiger partial charge in [0.05, 0.1) is 0 Å². The molecule has 0 aromatic carbocycles. The molecule has 1 heterocycles. The molecule has 1 aliphatic rings. The second-order valence-electron chi connectivity index (χ2n) is 7.22. The second-order valence-corrected chi connectivity index (χ2v) is 7.22. The van der Waals surface area contributed by atoms with Gasteiger partial charge in [0.15, 0.2) is 0 Å². The topological polar surface area (TPSA) is 15.3 Å². The summed E-state index contributed by atoms with van der Waals surface area (Å²) < 4.78 is 0. The molecule has 1 fully saturated rings. The average Bonchev–Trinajstić information content (AvgIpc) is 2.31. The molecule has 0 aliphatic carbocycles. The Balaban J connectivity index is 2.52. The van der Waals surface area contributed by atoms with Crippen molar-refractivity contribution in [1.82, 2.24) is 10.2 Å². The van der Waals surface area contributed by atoms with Crippen LogP contribution >= 0.6 is 0 Å². The zero-order chi connectivity index (χ0) is 13.9. The molecule has 1 rings (SSSR count). The average molecular weight is 254 g/mol. The molecule has 1 saturated heterocycles. The summed E-state index contributed by atoms with van der Waals surface area (Å²) in [6, 6.07) is 1.36. The highest BCUT2D eigenvalue weighted by molar-refractivity contribution is 4.87. The summed E-state index contributed by atoms with van der Waals surface area (Å²) >= 11 is 0. The van der Waals surface area contributed by atoms with E-state index >= 15 is 0 Å². The van der Waals surface area contributed by atoms with Gasteiger partial charge >= 0.3 is 0 Å². The van der Waals surface area contributed by atoms with Crippen molar-refractivity contribution in [2.45, 2.75) is 78.9 Å². The molecule has 4 atom stereocenters. The van der Waals surface area contributed by atoms with Gasteiger partial charge in [-0.25, -0.2) is 0 Å². The van der Waals surface area contributed by atoms with Crippen LogP contribution in [0.4, 0.5) is 0 Å². The van der Waals surface area contributed by atoms with Crippen molar-refractivity contribution in [2.24, 2.45) is 11.8 Å². The minimum atomic E-state index is 0.268. The summed E-state index contributed by atoms with van der Waals surface area (Å²) in [6.45, 7) is 18.8. The van der Waals surface area contributed by atoms with E-state index in [9.17, 15) is 0 Å². The van der Waals surface area contributed by atoms with E-state index in [4.69, 9.17) is 0 Å². The molecule has 108 valence electrons. The number of piperidine rings is 1. The van der Waals surface area contributed by atoms with Crippen molar-refractivity contribution in [1.29, 1.82) is 0 Å². The summed E-state index contributed by atoms with van der Waals surface area (Å²) in [7, 11) is 0. The van der Waals surface area contributed by atoms with E-state index < -0.39 is 0 Å². The number of hydrogen-bond donors (Lipinski definition) is 1. The first-order valence-electron chi connectivity index (χ1n) is 7.77. The van der Waals surface area contributed by atoms with Gasteiger partial charge in [-0.3, -0.25) is 4.90 Å². The molecule has 0 bridgehead atoms. The lowest BCUT2D eigenvalue weighted by molar-refractivity contribution is 0.0440. The summed E-state index contributed by atoms with van der Waals surface area (Å²) in [5.74, 6) is 1.67. The Bertz CT molecular complexity index is 249. The van der Waals surface area contributed by atoms with Crippen molar-refractivity contribution < 1.29 is 0 Å². The first-order valence-corrected chi connectivity index (χ1v) is 7.77. The van der Waals surface area contributed by atoms with Crippen LogP contribution in [0.2, 0.25) is 0 Å². The van der Waals surface area contributed by atoms with Crippen molar-refractivity contribution in [3.8, 4) is 0 Å². The standard InChI is InChI=1S/C16H34N2/c1-8-16(6,7)17-10-14(4)18-11-12(2)9-13(3)15(18)5/h12-15,17H,8-11H2,1-7H3. The Kier molecular flexibility index (Phi) is 5.67. The molecule has 18 heavy (non-hydrogen) atoms. The maximum Gasteiger partial charge on any atom is 0.0195 e. The third-order valence-electron chi connectivity index (χ3n) is 4.97. The van der Waals surface area contributed by atoms with E-state index in [1.807, 2.05) is 0 Å². The van der Waals surface area contributed by atoms with Crippen LogP contribution in [0.15, 0.2) is 0 Å². The zero-order valence-electron chi connectivity index (χ0n) is 13.6. The molecule has 1 aliphatic heterocycles. The molecule has 0 saturated carbocycles. The van der Waals surface area contributed by atoms with Gasteiger partial charge in [-0.05, 0) is 52.4 Å². The predicted octanol–water partition coefficient (Wildman–Crippen LogP) is 3.52. The molecule has 0 aromatic heterocycles. The summed E-state index contributed by atoms with van der Waals surface area (Å²) in [6.07, 6.45) is 2.57. The predicted molar refractivity (Wildman–Crippen MR) is 80.9 cm³/mol. The number of likely N-dealkylation sites (tertiary alicyclic amines) is 1. The number of nitrogens with one attached hydrogen (secondary N) is 1. The van der Waals surface area contributed by atoms with Crippen molar-refractivity contribution >= 4 is 0 Å². The van der Waals surface area contributed by atoms with Gasteiger partial charge in [-0.15, -0.1) is 0 Å². The molecule has 0 aromatic rings. The van der Waals surface area contributed by atoms with Crippen LogP contribution in [0.1, 0.15) is 61.3 Å². The Labute approximate surface area is 115 Å². The summed E-state index contributed by atoms with van der Waals surface area (Å²) in [4.78, 5) is 2.71. The van der Waals surface area contributed by atoms with Crippen molar-refractivity contribution in [3.63, 3.8) is 0 Å². The number of rotatable bonds is 5. The molecule has 1 N–H and O–H groups in total. The third kappa shape index (κ3) is 4.24. The van der Waals surface area contributed by atoms with Crippen LogP contribution in [0.25, 0.3) is 0 Å². The lowest BCUT2D eigenvalue weighted by atomic mass is 9.85. The van der Waals surface area contributed by atoms with Gasteiger partial charge in [0.2, 0.25) is 0 Å². The maximum absolute atomic E-state index is 3.71. The zero-order valence-corrected chi connectivity index (χ0v) is 13.6. The van der Waals surface area contributed by atoms with Crippen LogP contribution in [0.5, 0.6) is 0 Å². The molecule has 0 amide bonds. The van der Waals surface area contributed by atoms with E-state index in [1.54, 1.807) is 0 Å². The Morgan fingerprint density at radius 3 is 2.44 bits per heavy atom. The van der Waals surface area contributed by atoms with E-state index in [0.717, 1.165) is 24.4 Å². The number of hydrogen-bond acceptors (Lipinski definition) is 2. The van der Waals surface area contributed by atoms with Gasteiger partial charge in [0.25, 0.3) is 0 Å². The third-order valence-corrected chi connectivity index (χ3v) is 4.97. The second kappa shape index (κ2) is 6.38. The molecular formula is C16H34N2. The van der Waals surface area contributed by atoms with Crippen molar-refractivity contribution in [2.75, 3.05) is 13.1 Å². The minimum absolute atomic E-state index is 0.268. The van der Waals surface area contributed by atoms with Crippen molar-refractivity contribution in [3.05, 3.63) is 0 Å². The van der Waals surface area contributed by atoms with E-state index in [0.29, 0.717) is 6.04 Å². The van der Waals surface area contributed by atoms with E-state index in [2.05, 4.69) is 58.7 Å². The summed E-state index contributed by atoms with van der Waals surface area (Å²) in [5.41, 5.74) is 0.268. The van der Waals surface area contributed by atoms with Gasteiger partial charge < -0.3 is 5.32 Å². The Hall–Kier alpha value is -0.0800. The smallest absolute Gasteiger partial charge is 0.0195 e. The Morgan fingerprint density at radius 1 is 1.28 bits per heavy atom. The molecule has 4 unspecified atom stereocenters. The van der Waals surface area contributed by atoms with E-state index in [1.165, 1.54) is 19.4 Å². The minimum Gasteiger partial charge on any atom is -0.310 e. The van der Waals surface area contributed by atoms with Gasteiger partial charge in [-0.2, -0.15) is 0 Å². The fourth-order valence-corrected chi connectivity index (χ4v) is 3.01. The lowest BCUT2D eigenvalue weighted by Crippen LogP contribution is -2.54. The molecule has 2 nitrogen and oxygen atoms in total. The quantitative estimate of drug-likeness (QED) is 0.807. The van der Waals surface area contributed by atoms with Crippen LogP contribution < -0.4 is 5.32 Å². The Morgan fingerprint density at radius 2 is 1.89 bits per heavy atom. The fraction of sp³-hybridized carbons (Fsp3) is 1.00. The number of nitrogens with zero attached hydrogens (tertiary/aromatic N) is 1. The highest BCUT2D eigenvalue weighted by atomic mass is 15.2. The van der Waals surface area contributed by atoms with Gasteiger partial charge in [-0.1, -0.05) is 20.8 Å². The summed E-state index contributed by atoms with van der Waals surface area (Å²) in [5, 5.41) is 3.71. The van der Waals surface area contributed by atoms with Crippen LogP contribution in [0.3, 0.4) is 0 Å². The van der Waals surface area contributed by atoms with E-state index in [-0.39, 0.29) is 5.54 Å².